The number of benzene rings is 2. The van der Waals surface area contributed by atoms with Crippen molar-refractivity contribution in [1.29, 1.82) is 0 Å². The molecule has 2 aromatic carbocycles. The number of halogens is 5. The van der Waals surface area contributed by atoms with Crippen LogP contribution in [-0.4, -0.2) is 32.9 Å². The van der Waals surface area contributed by atoms with Crippen molar-refractivity contribution < 1.29 is 41.6 Å². The third kappa shape index (κ3) is 4.07. The predicted molar refractivity (Wildman–Crippen MR) is 101 cm³/mol. The van der Waals surface area contributed by atoms with E-state index in [1.54, 1.807) is 6.07 Å². The number of rotatable bonds is 5. The Morgan fingerprint density at radius 1 is 1.10 bits per heavy atom. The molecule has 3 aromatic rings. The molecule has 4 rings (SSSR count). The molecule has 1 N–H and O–H groups in total. The molecular weight excluding hydrogens is 467 g/mol. The zero-order valence-corrected chi connectivity index (χ0v) is 16.6. The van der Waals surface area contributed by atoms with Crippen molar-refractivity contribution in [2.24, 2.45) is 4.99 Å². The molecule has 0 unspecified atom stereocenters. The second kappa shape index (κ2) is 8.40. The number of aromatic nitrogens is 1. The maximum Gasteiger partial charge on any atom is 0.367 e. The van der Waals surface area contributed by atoms with Gasteiger partial charge < -0.3 is 5.11 Å². The van der Waals surface area contributed by atoms with Gasteiger partial charge in [0.05, 0.1) is 15.8 Å². The lowest BCUT2D eigenvalue weighted by Gasteiger charge is -2.09. The van der Waals surface area contributed by atoms with Gasteiger partial charge in [-0.25, -0.2) is 31.7 Å². The van der Waals surface area contributed by atoms with Gasteiger partial charge in [-0.3, -0.25) is 9.88 Å². The van der Waals surface area contributed by atoms with E-state index in [-0.39, 0.29) is 11.5 Å². The van der Waals surface area contributed by atoms with Crippen LogP contribution in [0.2, 0.25) is 0 Å². The standard InChI is InChI=1S/C18H9F5N2O4S2/c19-11-7(12(20)14(22)15(23)13(11)21)4-28-29-18(27)9-5-30-16(25-9)17-24-8-2-1-6(26)3-10(8)31-17/h1-3,9,26H,4-5H2/t9-/m1/s1. The van der Waals surface area contributed by atoms with E-state index in [0.717, 1.165) is 4.70 Å². The lowest BCUT2D eigenvalue weighted by molar-refractivity contribution is -0.281. The minimum absolute atomic E-state index is 0.0797. The highest BCUT2D eigenvalue weighted by Crippen LogP contribution is 2.31. The Balaban J connectivity index is 1.41. The summed E-state index contributed by atoms with van der Waals surface area (Å²) in [6, 6.07) is 3.63. The van der Waals surface area contributed by atoms with Crippen molar-refractivity contribution in [3.05, 3.63) is 57.9 Å². The van der Waals surface area contributed by atoms with Crippen molar-refractivity contribution in [1.82, 2.24) is 4.98 Å². The maximum atomic E-state index is 13.6. The topological polar surface area (TPSA) is 81.0 Å². The summed E-state index contributed by atoms with van der Waals surface area (Å²) in [6.45, 7) is -1.19. The normalized spacial score (nSPS) is 16.0. The number of carbonyl (C=O) groups excluding carboxylic acids is 1. The lowest BCUT2D eigenvalue weighted by Crippen LogP contribution is -2.22. The molecule has 0 amide bonds. The molecule has 1 aliphatic heterocycles. The smallest absolute Gasteiger partial charge is 0.367 e. The van der Waals surface area contributed by atoms with Gasteiger partial charge in [0.1, 0.15) is 22.4 Å². The molecule has 0 fully saturated rings. The summed E-state index contributed by atoms with van der Waals surface area (Å²) < 4.78 is 67.3. The maximum absolute atomic E-state index is 13.6. The van der Waals surface area contributed by atoms with E-state index in [9.17, 15) is 31.9 Å². The highest BCUT2D eigenvalue weighted by molar-refractivity contribution is 8.15. The van der Waals surface area contributed by atoms with Crippen LogP contribution < -0.4 is 0 Å². The van der Waals surface area contributed by atoms with Gasteiger partial charge in [0, 0.05) is 5.75 Å². The third-order valence-electron chi connectivity index (χ3n) is 4.12. The van der Waals surface area contributed by atoms with Crippen LogP contribution in [-0.2, 0) is 21.2 Å². The molecule has 2 heterocycles. The van der Waals surface area contributed by atoms with Gasteiger partial charge in [0.25, 0.3) is 0 Å². The van der Waals surface area contributed by atoms with Crippen LogP contribution in [0.4, 0.5) is 22.0 Å². The van der Waals surface area contributed by atoms with E-state index >= 15 is 0 Å². The molecule has 1 atom stereocenters. The van der Waals surface area contributed by atoms with Gasteiger partial charge >= 0.3 is 5.97 Å². The highest BCUT2D eigenvalue weighted by atomic mass is 32.2. The Labute approximate surface area is 178 Å². The number of thiazole rings is 1. The number of aliphatic imine (C=N–C) groups is 1. The molecule has 13 heteroatoms. The SMILES string of the molecule is O=C(OOCc1c(F)c(F)c(F)c(F)c1F)[C@H]1CSC(c2nc3ccc(O)cc3s2)=N1. The van der Waals surface area contributed by atoms with Gasteiger partial charge in [0.15, 0.2) is 29.3 Å². The largest absolute Gasteiger partial charge is 0.508 e. The fraction of sp³-hybridized carbons (Fsp3) is 0.167. The summed E-state index contributed by atoms with van der Waals surface area (Å²) in [5.41, 5.74) is -0.634. The zero-order valence-electron chi connectivity index (χ0n) is 15.0. The molecule has 1 aliphatic rings. The second-order valence-corrected chi connectivity index (χ2v) is 8.18. The number of hydrogen-bond donors (Lipinski definition) is 1. The molecule has 162 valence electrons. The second-order valence-electron chi connectivity index (χ2n) is 6.15. The monoisotopic (exact) mass is 476 g/mol. The summed E-state index contributed by atoms with van der Waals surface area (Å²) in [4.78, 5) is 29.4. The molecule has 0 spiro atoms. The van der Waals surface area contributed by atoms with Gasteiger partial charge in [0.2, 0.25) is 5.82 Å². The highest BCUT2D eigenvalue weighted by Gasteiger charge is 2.30. The first-order valence-corrected chi connectivity index (χ1v) is 10.2. The van der Waals surface area contributed by atoms with Crippen LogP contribution in [0.15, 0.2) is 23.2 Å². The zero-order chi connectivity index (χ0) is 22.3. The summed E-state index contributed by atoms with van der Waals surface area (Å²) in [5.74, 6) is -11.5. The molecule has 0 aliphatic carbocycles. The Hall–Kier alpha value is -2.77. The number of fused-ring (bicyclic) bond motifs is 1. The van der Waals surface area contributed by atoms with Gasteiger partial charge in [-0.2, -0.15) is 4.89 Å². The predicted octanol–water partition coefficient (Wildman–Crippen LogP) is 4.23. The Morgan fingerprint density at radius 2 is 1.77 bits per heavy atom. The van der Waals surface area contributed by atoms with E-state index in [1.165, 1.54) is 35.2 Å². The van der Waals surface area contributed by atoms with Gasteiger partial charge in [-0.05, 0) is 18.2 Å². The van der Waals surface area contributed by atoms with Crippen molar-refractivity contribution >= 4 is 44.3 Å². The summed E-state index contributed by atoms with van der Waals surface area (Å²) in [7, 11) is 0. The lowest BCUT2D eigenvalue weighted by atomic mass is 10.2. The van der Waals surface area contributed by atoms with Crippen molar-refractivity contribution in [3.8, 4) is 5.75 Å². The fourth-order valence-electron chi connectivity index (χ4n) is 2.60. The quantitative estimate of drug-likeness (QED) is 0.195. The number of aromatic hydroxyl groups is 1. The molecule has 0 bridgehead atoms. The number of nitrogens with zero attached hydrogens (tertiary/aromatic N) is 2. The van der Waals surface area contributed by atoms with Gasteiger partial charge in [-0.15, -0.1) is 23.1 Å². The molecule has 6 nitrogen and oxygen atoms in total. The minimum Gasteiger partial charge on any atom is -0.508 e. The van der Waals surface area contributed by atoms with Crippen LogP contribution in [0.3, 0.4) is 0 Å². The number of carbonyl (C=O) groups is 1. The van der Waals surface area contributed by atoms with Crippen molar-refractivity contribution in [2.45, 2.75) is 12.6 Å². The van der Waals surface area contributed by atoms with Crippen LogP contribution in [0.1, 0.15) is 10.6 Å². The number of phenolic OH excluding ortho intramolecular Hbond substituents is 1. The van der Waals surface area contributed by atoms with E-state index in [1.807, 2.05) is 0 Å². The average molecular weight is 476 g/mol. The first-order chi connectivity index (χ1) is 14.8. The fourth-order valence-corrected chi connectivity index (χ4v) is 4.68. The molecular formula is C18H9F5N2O4S2. The molecule has 31 heavy (non-hydrogen) atoms. The van der Waals surface area contributed by atoms with Crippen molar-refractivity contribution in [3.63, 3.8) is 0 Å². The van der Waals surface area contributed by atoms with Crippen LogP contribution in [0.5, 0.6) is 5.75 Å². The van der Waals surface area contributed by atoms with E-state index in [0.29, 0.717) is 15.6 Å². The van der Waals surface area contributed by atoms with E-state index in [2.05, 4.69) is 19.8 Å². The van der Waals surface area contributed by atoms with Crippen LogP contribution in [0, 0.1) is 29.1 Å². The summed E-state index contributed by atoms with van der Waals surface area (Å²) in [6.07, 6.45) is 0. The van der Waals surface area contributed by atoms with Crippen LogP contribution in [0.25, 0.3) is 10.2 Å². The number of thioether (sulfide) groups is 1. The number of hydrogen-bond acceptors (Lipinski definition) is 8. The van der Waals surface area contributed by atoms with E-state index in [4.69, 9.17) is 0 Å². The molecule has 0 saturated carbocycles. The Kier molecular flexibility index (Phi) is 5.81. The Morgan fingerprint density at radius 3 is 2.48 bits per heavy atom. The third-order valence-corrected chi connectivity index (χ3v) is 6.33. The van der Waals surface area contributed by atoms with Crippen LogP contribution >= 0.6 is 23.1 Å². The summed E-state index contributed by atoms with van der Waals surface area (Å²) >= 11 is 2.46. The molecule has 1 aromatic heterocycles. The average Bonchev–Trinajstić information content (AvgIpc) is 3.40. The molecule has 0 radical (unpaired) electrons. The first-order valence-electron chi connectivity index (χ1n) is 8.40. The Bertz CT molecular complexity index is 1200. The van der Waals surface area contributed by atoms with Gasteiger partial charge in [-0.1, -0.05) is 0 Å². The van der Waals surface area contributed by atoms with Crippen molar-refractivity contribution in [2.75, 3.05) is 5.75 Å². The van der Waals surface area contributed by atoms with E-state index < -0.39 is 53.3 Å². The number of phenols is 1. The summed E-state index contributed by atoms with van der Waals surface area (Å²) in [5, 5.41) is 10.5. The molecule has 0 saturated heterocycles. The first kappa shape index (κ1) is 21.5. The minimum atomic E-state index is -2.30.